The molecule has 0 spiro atoms. The number of hydrogen-bond acceptors (Lipinski definition) is 5. The fourth-order valence-corrected chi connectivity index (χ4v) is 5.21. The first-order chi connectivity index (χ1) is 18.4. The molecule has 3 aromatic carbocycles. The summed E-state index contributed by atoms with van der Waals surface area (Å²) >= 11 is 0. The Balaban J connectivity index is 1.36. The van der Waals surface area contributed by atoms with Crippen LogP contribution in [-0.2, 0) is 13.1 Å². The maximum atomic E-state index is 13.5. The van der Waals surface area contributed by atoms with Gasteiger partial charge in [-0.05, 0) is 60.5 Å². The van der Waals surface area contributed by atoms with Crippen LogP contribution in [-0.4, -0.2) is 39.7 Å². The number of amides is 1. The second kappa shape index (κ2) is 11.1. The van der Waals surface area contributed by atoms with E-state index in [1.54, 1.807) is 29.1 Å². The summed E-state index contributed by atoms with van der Waals surface area (Å²) in [7, 11) is 2.16. The lowest BCUT2D eigenvalue weighted by Gasteiger charge is -2.19. The number of primary amides is 1. The van der Waals surface area contributed by atoms with E-state index in [0.717, 1.165) is 25.1 Å². The average Bonchev–Trinajstić information content (AvgIpc) is 3.28. The number of carbonyl (C=O) groups excluding carboxylic acids is 2. The van der Waals surface area contributed by atoms with Crippen LogP contribution in [0.1, 0.15) is 63.5 Å². The Morgan fingerprint density at radius 1 is 1.11 bits per heavy atom. The molecule has 3 N–H and O–H groups in total. The highest BCUT2D eigenvalue weighted by Crippen LogP contribution is 2.30. The molecule has 0 saturated heterocycles. The van der Waals surface area contributed by atoms with Crippen LogP contribution in [0.25, 0.3) is 16.8 Å². The molecular weight excluding hydrogens is 474 g/mol. The van der Waals surface area contributed by atoms with E-state index in [1.807, 2.05) is 6.07 Å². The normalized spacial score (nSPS) is 15.3. The third-order valence-electron chi connectivity index (χ3n) is 7.11. The van der Waals surface area contributed by atoms with Gasteiger partial charge in [0.25, 0.3) is 0 Å². The number of nitrogens with one attached hydrogen (secondary N) is 1. The van der Waals surface area contributed by atoms with Gasteiger partial charge in [-0.25, -0.2) is 4.98 Å². The van der Waals surface area contributed by atoms with Crippen molar-refractivity contribution in [2.24, 2.45) is 5.73 Å². The van der Waals surface area contributed by atoms with Crippen molar-refractivity contribution in [3.8, 4) is 16.8 Å². The van der Waals surface area contributed by atoms with E-state index in [-0.39, 0.29) is 11.8 Å². The monoisotopic (exact) mass is 507 g/mol. The number of nitrogens with zero attached hydrogens (tertiary/aromatic N) is 3. The third-order valence-corrected chi connectivity index (χ3v) is 7.11. The summed E-state index contributed by atoms with van der Waals surface area (Å²) < 4.78 is 1.75. The van der Waals surface area contributed by atoms with Crippen LogP contribution in [0.15, 0.2) is 79.1 Å². The highest BCUT2D eigenvalue weighted by molar-refractivity contribution is 5.97. The van der Waals surface area contributed by atoms with Crippen molar-refractivity contribution < 1.29 is 9.59 Å². The number of imidazole rings is 1. The second-order valence-electron chi connectivity index (χ2n) is 9.90. The lowest BCUT2D eigenvalue weighted by Crippen LogP contribution is -2.20. The van der Waals surface area contributed by atoms with Crippen LogP contribution >= 0.6 is 0 Å². The van der Waals surface area contributed by atoms with Gasteiger partial charge in [0.05, 0.1) is 5.69 Å². The summed E-state index contributed by atoms with van der Waals surface area (Å²) in [6.07, 6.45) is 3.07. The minimum atomic E-state index is -0.509. The van der Waals surface area contributed by atoms with Crippen LogP contribution in [0.5, 0.6) is 0 Å². The van der Waals surface area contributed by atoms with Gasteiger partial charge in [-0.3, -0.25) is 14.2 Å². The molecule has 5 rings (SSSR count). The molecule has 1 unspecified atom stereocenters. The second-order valence-corrected chi connectivity index (χ2v) is 9.90. The molecule has 0 saturated carbocycles. The molecule has 1 aromatic heterocycles. The Morgan fingerprint density at radius 3 is 2.66 bits per heavy atom. The topological polar surface area (TPSA) is 93.2 Å². The molecule has 1 amide bonds. The number of rotatable bonds is 8. The van der Waals surface area contributed by atoms with Gasteiger partial charge in [-0.15, -0.1) is 0 Å². The van der Waals surface area contributed by atoms with Gasteiger partial charge in [0.1, 0.15) is 12.0 Å². The number of aromatic nitrogens is 2. The van der Waals surface area contributed by atoms with Crippen molar-refractivity contribution in [3.05, 3.63) is 107 Å². The molecular formula is C31H33N5O2. The number of nitrogens with two attached hydrogens (primary N) is 1. The maximum Gasteiger partial charge on any atom is 0.248 e. The van der Waals surface area contributed by atoms with Crippen molar-refractivity contribution >= 4 is 11.7 Å². The Labute approximate surface area is 223 Å². The average molecular weight is 508 g/mol. The van der Waals surface area contributed by atoms with Crippen LogP contribution in [0, 0.1) is 0 Å². The number of hydrogen-bond donors (Lipinski definition) is 2. The number of ketones is 1. The number of carbonyl (C=O) groups is 2. The minimum Gasteiger partial charge on any atom is -0.366 e. The molecule has 2 heterocycles. The van der Waals surface area contributed by atoms with Crippen LogP contribution in [0.2, 0.25) is 0 Å². The van der Waals surface area contributed by atoms with Crippen molar-refractivity contribution in [2.45, 2.75) is 38.9 Å². The summed E-state index contributed by atoms with van der Waals surface area (Å²) in [5.74, 6) is -0.504. The Bertz CT molecular complexity index is 1460. The number of fused-ring (bicyclic) bond motifs is 1. The molecule has 0 bridgehead atoms. The van der Waals surface area contributed by atoms with Gasteiger partial charge in [0.2, 0.25) is 5.91 Å². The maximum absolute atomic E-state index is 13.5. The van der Waals surface area contributed by atoms with Crippen molar-refractivity contribution in [1.29, 1.82) is 0 Å². The first-order valence-electron chi connectivity index (χ1n) is 13.0. The van der Waals surface area contributed by atoms with E-state index < -0.39 is 5.91 Å². The van der Waals surface area contributed by atoms with Gasteiger partial charge in [0.15, 0.2) is 5.78 Å². The van der Waals surface area contributed by atoms with Crippen molar-refractivity contribution in [3.63, 3.8) is 0 Å². The summed E-state index contributed by atoms with van der Waals surface area (Å²) in [6.45, 7) is 4.64. The van der Waals surface area contributed by atoms with Gasteiger partial charge in [-0.1, -0.05) is 61.5 Å². The van der Waals surface area contributed by atoms with Crippen LogP contribution in [0.3, 0.4) is 0 Å². The smallest absolute Gasteiger partial charge is 0.248 e. The quantitative estimate of drug-likeness (QED) is 0.354. The van der Waals surface area contributed by atoms with E-state index in [1.165, 1.54) is 16.7 Å². The van der Waals surface area contributed by atoms with Crippen molar-refractivity contribution in [2.75, 3.05) is 13.6 Å². The lowest BCUT2D eigenvalue weighted by atomic mass is 9.95. The standard InChI is InChI=1S/C31H33N5O2/c1-3-15-35(2)19-24-7-4-5-10-26(24)21-11-13-22(14-12-21)27-17-29(37)30-28(18-33-27)34-20-36(30)25-9-6-8-23(16-25)31(32)38/h4-14,16,20,27,33H,3,15,17-19H2,1-2H3,(H2,32,38). The molecule has 0 fully saturated rings. The summed E-state index contributed by atoms with van der Waals surface area (Å²) in [5.41, 5.74) is 12.5. The zero-order valence-corrected chi connectivity index (χ0v) is 21.9. The highest BCUT2D eigenvalue weighted by atomic mass is 16.1. The molecule has 4 aromatic rings. The summed E-state index contributed by atoms with van der Waals surface area (Å²) in [4.78, 5) is 32.0. The van der Waals surface area contributed by atoms with Gasteiger partial charge >= 0.3 is 0 Å². The van der Waals surface area contributed by atoms with Gasteiger partial charge < -0.3 is 16.0 Å². The van der Waals surface area contributed by atoms with Gasteiger partial charge in [-0.2, -0.15) is 0 Å². The molecule has 38 heavy (non-hydrogen) atoms. The van der Waals surface area contributed by atoms with Gasteiger partial charge in [0, 0.05) is 36.8 Å². The Hall–Kier alpha value is -4.07. The van der Waals surface area contributed by atoms with Crippen LogP contribution < -0.4 is 11.1 Å². The SMILES string of the molecule is CCCN(C)Cc1ccccc1-c1ccc(C2CC(=O)c3c(ncn3-c3cccc(C(N)=O)c3)CN2)cc1. The van der Waals surface area contributed by atoms with Crippen molar-refractivity contribution in [1.82, 2.24) is 19.8 Å². The van der Waals surface area contributed by atoms with E-state index in [4.69, 9.17) is 5.73 Å². The summed E-state index contributed by atoms with van der Waals surface area (Å²) in [5, 5.41) is 3.51. The van der Waals surface area contributed by atoms with E-state index in [2.05, 4.69) is 77.7 Å². The largest absolute Gasteiger partial charge is 0.366 e. The molecule has 1 aliphatic rings. The fourth-order valence-electron chi connectivity index (χ4n) is 5.21. The van der Waals surface area contributed by atoms with E-state index >= 15 is 0 Å². The molecule has 1 aliphatic heterocycles. The summed E-state index contributed by atoms with van der Waals surface area (Å²) in [6, 6.07) is 23.9. The predicted octanol–water partition coefficient (Wildman–Crippen LogP) is 4.90. The minimum absolute atomic E-state index is 0.00496. The molecule has 194 valence electrons. The Kier molecular flexibility index (Phi) is 7.49. The molecule has 1 atom stereocenters. The molecule has 7 nitrogen and oxygen atoms in total. The number of Topliss-reactive ketones (excluding diaryl/α,β-unsaturated/α-hetero) is 1. The molecule has 0 aliphatic carbocycles. The first kappa shape index (κ1) is 25.6. The fraction of sp³-hybridized carbons (Fsp3) is 0.258. The highest BCUT2D eigenvalue weighted by Gasteiger charge is 2.28. The molecule has 7 heteroatoms. The zero-order valence-electron chi connectivity index (χ0n) is 21.9. The van der Waals surface area contributed by atoms with E-state index in [9.17, 15) is 9.59 Å². The Morgan fingerprint density at radius 2 is 1.89 bits per heavy atom. The lowest BCUT2D eigenvalue weighted by molar-refractivity contribution is 0.0965. The van der Waals surface area contributed by atoms with E-state index in [0.29, 0.717) is 35.6 Å². The third kappa shape index (κ3) is 5.30. The predicted molar refractivity (Wildman–Crippen MR) is 149 cm³/mol. The molecule has 0 radical (unpaired) electrons. The number of benzene rings is 3. The zero-order chi connectivity index (χ0) is 26.6. The van der Waals surface area contributed by atoms with Crippen LogP contribution in [0.4, 0.5) is 0 Å². The first-order valence-corrected chi connectivity index (χ1v) is 13.0.